The molecule has 0 nitrogen and oxygen atoms in total. The van der Waals surface area contributed by atoms with Crippen molar-refractivity contribution in [2.75, 3.05) is 0 Å². The summed E-state index contributed by atoms with van der Waals surface area (Å²) in [6.45, 7) is 0. The molecular weight excluding hydrogens is 312 g/mol. The molecule has 1 aliphatic carbocycles. The highest BCUT2D eigenvalue weighted by molar-refractivity contribution is 5.98. The van der Waals surface area contributed by atoms with E-state index in [0.29, 0.717) is 0 Å². The van der Waals surface area contributed by atoms with E-state index in [4.69, 9.17) is 0 Å². The van der Waals surface area contributed by atoms with E-state index in [1.165, 1.54) is 56.3 Å². The maximum absolute atomic E-state index is 2.25. The lowest BCUT2D eigenvalue weighted by atomic mass is 10.0. The third-order valence-electron chi connectivity index (χ3n) is 5.35. The minimum Gasteiger partial charge on any atom is -0.0616 e. The van der Waals surface area contributed by atoms with Crippen LogP contribution in [0.3, 0.4) is 0 Å². The summed E-state index contributed by atoms with van der Waals surface area (Å²) in [6.07, 6.45) is 2.47. The number of aryl methyl sites for hydroxylation is 2. The lowest BCUT2D eigenvalue weighted by Gasteiger charge is -2.00. The molecule has 0 atom stereocenters. The third kappa shape index (κ3) is 2.64. The molecule has 0 amide bonds. The van der Waals surface area contributed by atoms with E-state index in [-0.39, 0.29) is 0 Å². The standard InChI is InChI=1S/C14H10.C12H10/c1-2-6-12-10-14-8-4-3-7-13(14)9-11(12)5-1;1-3-9-4-2-6-11-8-7-10(5-1)12(9)11/h1-10H;1-6H,7-8H2. The van der Waals surface area contributed by atoms with Crippen molar-refractivity contribution in [2.24, 2.45) is 0 Å². The van der Waals surface area contributed by atoms with Crippen molar-refractivity contribution in [3.8, 4) is 0 Å². The van der Waals surface area contributed by atoms with Gasteiger partial charge in [0.25, 0.3) is 0 Å². The lowest BCUT2D eigenvalue weighted by Crippen LogP contribution is -1.76. The Kier molecular flexibility index (Phi) is 3.68. The van der Waals surface area contributed by atoms with E-state index in [9.17, 15) is 0 Å². The van der Waals surface area contributed by atoms with Gasteiger partial charge in [0.05, 0.1) is 0 Å². The number of fused-ring (bicyclic) bond motifs is 2. The van der Waals surface area contributed by atoms with Crippen molar-refractivity contribution in [3.05, 3.63) is 108 Å². The van der Waals surface area contributed by atoms with Crippen LogP contribution in [0.15, 0.2) is 97.1 Å². The molecule has 0 bridgehead atoms. The van der Waals surface area contributed by atoms with Crippen LogP contribution in [-0.4, -0.2) is 0 Å². The van der Waals surface area contributed by atoms with E-state index in [0.717, 1.165) is 0 Å². The van der Waals surface area contributed by atoms with Gasteiger partial charge < -0.3 is 0 Å². The van der Waals surface area contributed by atoms with E-state index < -0.39 is 0 Å². The Bertz CT molecular complexity index is 1090. The molecule has 0 aromatic heterocycles. The van der Waals surface area contributed by atoms with Crippen molar-refractivity contribution in [3.63, 3.8) is 0 Å². The molecule has 0 aliphatic heterocycles. The topological polar surface area (TPSA) is 0 Å². The van der Waals surface area contributed by atoms with Crippen LogP contribution in [-0.2, 0) is 12.8 Å². The summed E-state index contributed by atoms with van der Waals surface area (Å²) < 4.78 is 0. The second-order valence-corrected chi connectivity index (χ2v) is 6.98. The third-order valence-corrected chi connectivity index (χ3v) is 5.35. The fourth-order valence-electron chi connectivity index (χ4n) is 4.07. The van der Waals surface area contributed by atoms with Crippen LogP contribution in [0, 0.1) is 0 Å². The summed E-state index contributed by atoms with van der Waals surface area (Å²) in [5.41, 5.74) is 3.06. The molecule has 124 valence electrons. The molecule has 0 saturated heterocycles. The zero-order valence-corrected chi connectivity index (χ0v) is 14.7. The molecular formula is C26H20. The number of hydrogen-bond acceptors (Lipinski definition) is 0. The molecule has 0 unspecified atom stereocenters. The summed E-state index contributed by atoms with van der Waals surface area (Å²) in [6, 6.07) is 34.6. The van der Waals surface area contributed by atoms with Crippen LogP contribution < -0.4 is 0 Å². The predicted molar refractivity (Wildman–Crippen MR) is 113 cm³/mol. The Morgan fingerprint density at radius 3 is 1.19 bits per heavy atom. The van der Waals surface area contributed by atoms with Crippen molar-refractivity contribution < 1.29 is 0 Å². The van der Waals surface area contributed by atoms with Crippen molar-refractivity contribution >= 4 is 32.3 Å². The molecule has 0 heterocycles. The average molecular weight is 332 g/mol. The van der Waals surface area contributed by atoms with Crippen molar-refractivity contribution in [1.82, 2.24) is 0 Å². The fourth-order valence-corrected chi connectivity index (χ4v) is 4.07. The first kappa shape index (κ1) is 15.2. The second kappa shape index (κ2) is 6.31. The van der Waals surface area contributed by atoms with Gasteiger partial charge in [-0.1, -0.05) is 84.9 Å². The zero-order chi connectivity index (χ0) is 17.3. The van der Waals surface area contributed by atoms with Gasteiger partial charge in [0.1, 0.15) is 0 Å². The highest BCUT2D eigenvalue weighted by Gasteiger charge is 2.11. The van der Waals surface area contributed by atoms with Gasteiger partial charge in [0, 0.05) is 0 Å². The van der Waals surface area contributed by atoms with Crippen LogP contribution >= 0.6 is 0 Å². The first-order chi connectivity index (χ1) is 12.9. The molecule has 5 aromatic rings. The predicted octanol–water partition coefficient (Wildman–Crippen LogP) is 6.93. The summed E-state index contributed by atoms with van der Waals surface area (Å²) in [5, 5.41) is 8.16. The van der Waals surface area contributed by atoms with Crippen LogP contribution in [0.5, 0.6) is 0 Å². The van der Waals surface area contributed by atoms with Gasteiger partial charge in [-0.15, -0.1) is 0 Å². The number of rotatable bonds is 0. The van der Waals surface area contributed by atoms with Crippen LogP contribution in [0.2, 0.25) is 0 Å². The first-order valence-corrected chi connectivity index (χ1v) is 9.25. The molecule has 0 saturated carbocycles. The van der Waals surface area contributed by atoms with E-state index >= 15 is 0 Å². The van der Waals surface area contributed by atoms with E-state index in [1.54, 1.807) is 0 Å². The van der Waals surface area contributed by atoms with Crippen LogP contribution in [0.1, 0.15) is 11.1 Å². The van der Waals surface area contributed by atoms with Gasteiger partial charge >= 0.3 is 0 Å². The molecule has 0 fully saturated rings. The Morgan fingerprint density at radius 1 is 0.385 bits per heavy atom. The maximum Gasteiger partial charge on any atom is -0.0120 e. The lowest BCUT2D eigenvalue weighted by molar-refractivity contribution is 1.02. The van der Waals surface area contributed by atoms with Crippen molar-refractivity contribution in [2.45, 2.75) is 12.8 Å². The molecule has 0 heteroatoms. The zero-order valence-electron chi connectivity index (χ0n) is 14.7. The fraction of sp³-hybridized carbons (Fsp3) is 0.0769. The van der Waals surface area contributed by atoms with Gasteiger partial charge in [-0.05, 0) is 68.4 Å². The summed E-state index contributed by atoms with van der Waals surface area (Å²) >= 11 is 0. The Balaban J connectivity index is 0.000000117. The Hall–Kier alpha value is -3.12. The molecule has 1 aliphatic rings. The van der Waals surface area contributed by atoms with Gasteiger partial charge in [-0.25, -0.2) is 0 Å². The largest absolute Gasteiger partial charge is 0.0616 e. The van der Waals surface area contributed by atoms with Gasteiger partial charge in [0.2, 0.25) is 0 Å². The minimum absolute atomic E-state index is 1.23. The van der Waals surface area contributed by atoms with E-state index in [1.807, 2.05) is 0 Å². The summed E-state index contributed by atoms with van der Waals surface area (Å²) in [4.78, 5) is 0. The smallest absolute Gasteiger partial charge is 0.0120 e. The SMILES string of the molecule is c1cc2c3c(cccc3c1)CC2.c1ccc2cc3ccccc3cc2c1. The molecule has 0 N–H and O–H groups in total. The summed E-state index contributed by atoms with van der Waals surface area (Å²) in [5.74, 6) is 0. The Labute approximate surface area is 153 Å². The monoisotopic (exact) mass is 332 g/mol. The number of hydrogen-bond donors (Lipinski definition) is 0. The average Bonchev–Trinajstić information content (AvgIpc) is 3.12. The van der Waals surface area contributed by atoms with Gasteiger partial charge in [0.15, 0.2) is 0 Å². The minimum atomic E-state index is 1.23. The quantitative estimate of drug-likeness (QED) is 0.270. The van der Waals surface area contributed by atoms with Gasteiger partial charge in [-0.3, -0.25) is 0 Å². The first-order valence-electron chi connectivity index (χ1n) is 9.25. The normalized spacial score (nSPS) is 12.3. The molecule has 26 heavy (non-hydrogen) atoms. The molecule has 5 aromatic carbocycles. The molecule has 0 radical (unpaired) electrons. The van der Waals surface area contributed by atoms with E-state index in [2.05, 4.69) is 97.1 Å². The van der Waals surface area contributed by atoms with Crippen molar-refractivity contribution in [1.29, 1.82) is 0 Å². The Morgan fingerprint density at radius 2 is 0.769 bits per heavy atom. The highest BCUT2D eigenvalue weighted by Crippen LogP contribution is 2.30. The van der Waals surface area contributed by atoms with Crippen LogP contribution in [0.25, 0.3) is 32.3 Å². The summed E-state index contributed by atoms with van der Waals surface area (Å²) in [7, 11) is 0. The molecule has 6 rings (SSSR count). The van der Waals surface area contributed by atoms with Gasteiger partial charge in [-0.2, -0.15) is 0 Å². The number of benzene rings is 5. The highest BCUT2D eigenvalue weighted by atomic mass is 14.2. The van der Waals surface area contributed by atoms with Crippen LogP contribution in [0.4, 0.5) is 0 Å². The second-order valence-electron chi connectivity index (χ2n) is 6.98. The molecule has 0 spiro atoms. The maximum atomic E-state index is 2.25.